The van der Waals surface area contributed by atoms with Crippen molar-refractivity contribution >= 4 is 11.9 Å². The van der Waals surface area contributed by atoms with Crippen LogP contribution in [-0.4, -0.2) is 52.9 Å². The van der Waals surface area contributed by atoms with E-state index in [0.717, 1.165) is 32.1 Å². The Labute approximate surface area is 210 Å². The summed E-state index contributed by atoms with van der Waals surface area (Å²) in [4.78, 5) is 25.7. The van der Waals surface area contributed by atoms with E-state index in [1.54, 1.807) is 18.2 Å². The number of aromatic nitrogens is 1. The van der Waals surface area contributed by atoms with Crippen LogP contribution in [0, 0.1) is 5.92 Å². The molecule has 1 aromatic heterocycles. The third kappa shape index (κ3) is 5.21. The maximum Gasteiger partial charge on any atom is 0.343 e. The summed E-state index contributed by atoms with van der Waals surface area (Å²) < 4.78 is 11.2. The smallest absolute Gasteiger partial charge is 0.343 e. The number of likely N-dealkylation sites (N-methyl/N-ethyl adjacent to an activating group) is 1. The standard InChI is InChI=1S/C25H33N3O5.BrH/c1-28(22(23(26)29)21-14-17-32-27-21)15-12-20(13-16-28)33-24(30)25(31,18-8-4-2-5-9-18)19-10-6-3-7-11-19;/h2,4-5,8-9,14,17,19-20,22,31H,3,6-7,10-13,15-16H2,1H3,(H-,26,29);1H. The Morgan fingerprint density at radius 2 is 1.76 bits per heavy atom. The first-order valence-corrected chi connectivity index (χ1v) is 11.9. The fourth-order valence-electron chi connectivity index (χ4n) is 5.62. The minimum absolute atomic E-state index is 0. The van der Waals surface area contributed by atoms with Crippen LogP contribution in [0.4, 0.5) is 0 Å². The SMILES string of the molecule is C[N+]1(C(C(N)=O)c2ccon2)CCC(OC(=O)C(O)(c2ccccc2)C2CCCCC2)CC1.[Br-]. The van der Waals surface area contributed by atoms with Gasteiger partial charge in [-0.1, -0.05) is 54.8 Å². The quantitative estimate of drug-likeness (QED) is 0.375. The Kier molecular flexibility index (Phi) is 8.54. The van der Waals surface area contributed by atoms with Crippen LogP contribution >= 0.6 is 0 Å². The lowest BCUT2D eigenvalue weighted by Gasteiger charge is -2.44. The summed E-state index contributed by atoms with van der Waals surface area (Å²) >= 11 is 0. The van der Waals surface area contributed by atoms with Crippen LogP contribution < -0.4 is 22.7 Å². The number of likely N-dealkylation sites (tertiary alicyclic amines) is 1. The maximum atomic E-state index is 13.4. The van der Waals surface area contributed by atoms with E-state index in [-0.39, 0.29) is 29.0 Å². The summed E-state index contributed by atoms with van der Waals surface area (Å²) in [6.45, 7) is 1.18. The van der Waals surface area contributed by atoms with Crippen LogP contribution in [0.2, 0.25) is 0 Å². The van der Waals surface area contributed by atoms with Crippen LogP contribution in [0.1, 0.15) is 62.2 Å². The molecule has 186 valence electrons. The van der Waals surface area contributed by atoms with E-state index in [4.69, 9.17) is 15.0 Å². The molecule has 2 heterocycles. The number of nitrogens with zero attached hydrogens (tertiary/aromatic N) is 2. The van der Waals surface area contributed by atoms with Crippen molar-refractivity contribution in [1.29, 1.82) is 0 Å². The van der Waals surface area contributed by atoms with Crippen LogP contribution in [0.15, 0.2) is 47.2 Å². The molecule has 1 amide bonds. The molecule has 9 heteroatoms. The average molecular weight is 536 g/mol. The monoisotopic (exact) mass is 535 g/mol. The Bertz CT molecular complexity index is 941. The zero-order chi connectivity index (χ0) is 23.5. The second kappa shape index (κ2) is 11.0. The van der Waals surface area contributed by atoms with E-state index >= 15 is 0 Å². The van der Waals surface area contributed by atoms with Gasteiger partial charge < -0.3 is 41.6 Å². The largest absolute Gasteiger partial charge is 1.00 e. The van der Waals surface area contributed by atoms with Gasteiger partial charge in [-0.15, -0.1) is 0 Å². The van der Waals surface area contributed by atoms with Crippen LogP contribution in [0.25, 0.3) is 0 Å². The topological polar surface area (TPSA) is 116 Å². The van der Waals surface area contributed by atoms with Gasteiger partial charge in [0.25, 0.3) is 5.91 Å². The van der Waals surface area contributed by atoms with E-state index < -0.39 is 23.5 Å². The number of benzene rings is 1. The van der Waals surface area contributed by atoms with Gasteiger partial charge in [0.1, 0.15) is 12.4 Å². The van der Waals surface area contributed by atoms with E-state index in [0.29, 0.717) is 41.7 Å². The average Bonchev–Trinajstić information content (AvgIpc) is 3.35. The molecule has 0 radical (unpaired) electrons. The van der Waals surface area contributed by atoms with E-state index in [2.05, 4.69) is 5.16 Å². The molecule has 2 aromatic rings. The van der Waals surface area contributed by atoms with Gasteiger partial charge in [0.2, 0.25) is 6.04 Å². The minimum atomic E-state index is -1.65. The molecule has 34 heavy (non-hydrogen) atoms. The van der Waals surface area contributed by atoms with E-state index in [1.165, 1.54) is 6.26 Å². The lowest BCUT2D eigenvalue weighted by atomic mass is 9.73. The van der Waals surface area contributed by atoms with Crippen LogP contribution in [-0.2, 0) is 19.9 Å². The number of quaternary nitrogens is 1. The molecule has 1 aliphatic carbocycles. The maximum absolute atomic E-state index is 13.4. The second-order valence-corrected chi connectivity index (χ2v) is 9.73. The number of amides is 1. The Hall–Kier alpha value is -2.23. The summed E-state index contributed by atoms with van der Waals surface area (Å²) in [7, 11) is 1.96. The van der Waals surface area contributed by atoms with Gasteiger partial charge in [0.05, 0.1) is 20.1 Å². The number of primary amides is 1. The van der Waals surface area contributed by atoms with Crippen molar-refractivity contribution < 1.29 is 45.4 Å². The molecule has 4 rings (SSSR count). The predicted octanol–water partition coefficient (Wildman–Crippen LogP) is -0.175. The van der Waals surface area contributed by atoms with Gasteiger partial charge in [0.15, 0.2) is 11.3 Å². The molecule has 1 aromatic carbocycles. The van der Waals surface area contributed by atoms with Crippen molar-refractivity contribution in [2.75, 3.05) is 20.1 Å². The molecule has 2 atom stereocenters. The van der Waals surface area contributed by atoms with Gasteiger partial charge >= 0.3 is 5.97 Å². The number of nitrogens with two attached hydrogens (primary N) is 1. The van der Waals surface area contributed by atoms with Crippen LogP contribution in [0.3, 0.4) is 0 Å². The number of piperidine rings is 1. The number of rotatable bonds is 7. The molecule has 2 unspecified atom stereocenters. The van der Waals surface area contributed by atoms with Crippen molar-refractivity contribution in [3.63, 3.8) is 0 Å². The first kappa shape index (κ1) is 26.4. The summed E-state index contributed by atoms with van der Waals surface area (Å²) in [5.74, 6) is -1.18. The number of carbonyl (C=O) groups excluding carboxylic acids is 2. The summed E-state index contributed by atoms with van der Waals surface area (Å²) in [6.07, 6.45) is 6.98. The Morgan fingerprint density at radius 1 is 1.12 bits per heavy atom. The van der Waals surface area contributed by atoms with Gasteiger partial charge in [-0.3, -0.25) is 4.79 Å². The number of aliphatic hydroxyl groups is 1. The van der Waals surface area contributed by atoms with Gasteiger partial charge in [-0.2, -0.15) is 0 Å². The van der Waals surface area contributed by atoms with Crippen molar-refractivity contribution in [3.8, 4) is 0 Å². The zero-order valence-corrected chi connectivity index (χ0v) is 21.2. The van der Waals surface area contributed by atoms with E-state index in [1.807, 2.05) is 25.2 Å². The number of ether oxygens (including phenoxy) is 1. The van der Waals surface area contributed by atoms with Gasteiger partial charge in [0, 0.05) is 24.8 Å². The first-order valence-electron chi connectivity index (χ1n) is 11.9. The summed E-state index contributed by atoms with van der Waals surface area (Å²) in [6, 6.07) is 10.2. The predicted molar refractivity (Wildman–Crippen MR) is 120 cm³/mol. The molecule has 1 saturated carbocycles. The summed E-state index contributed by atoms with van der Waals surface area (Å²) in [5, 5.41) is 15.7. The molecule has 0 spiro atoms. The molecular weight excluding hydrogens is 502 g/mol. The number of carbonyl (C=O) groups is 2. The lowest BCUT2D eigenvalue weighted by molar-refractivity contribution is -0.935. The zero-order valence-electron chi connectivity index (χ0n) is 19.6. The fourth-order valence-corrected chi connectivity index (χ4v) is 5.62. The third-order valence-corrected chi connectivity index (χ3v) is 7.55. The first-order chi connectivity index (χ1) is 15.8. The molecule has 3 N–H and O–H groups in total. The Balaban J connectivity index is 0.00000324. The second-order valence-electron chi connectivity index (χ2n) is 9.73. The number of hydrogen-bond acceptors (Lipinski definition) is 6. The lowest BCUT2D eigenvalue weighted by Crippen LogP contribution is -3.00. The highest BCUT2D eigenvalue weighted by Crippen LogP contribution is 2.41. The molecule has 1 saturated heterocycles. The number of hydrogen-bond donors (Lipinski definition) is 2. The van der Waals surface area contributed by atoms with Gasteiger partial charge in [-0.05, 0) is 18.4 Å². The highest BCUT2D eigenvalue weighted by atomic mass is 79.9. The normalized spacial score (nSPS) is 26.0. The molecule has 2 fully saturated rings. The van der Waals surface area contributed by atoms with Crippen molar-refractivity contribution in [2.45, 2.75) is 62.7 Å². The van der Waals surface area contributed by atoms with E-state index in [9.17, 15) is 14.7 Å². The highest BCUT2D eigenvalue weighted by Gasteiger charge is 2.49. The van der Waals surface area contributed by atoms with Gasteiger partial charge in [-0.25, -0.2) is 4.79 Å². The van der Waals surface area contributed by atoms with Crippen molar-refractivity contribution in [2.24, 2.45) is 11.7 Å². The molecule has 1 aliphatic heterocycles. The molecular formula is C25H34BrN3O5. The van der Waals surface area contributed by atoms with Crippen molar-refractivity contribution in [3.05, 3.63) is 53.9 Å². The third-order valence-electron chi connectivity index (χ3n) is 7.55. The number of esters is 1. The highest BCUT2D eigenvalue weighted by molar-refractivity contribution is 5.82. The molecule has 8 nitrogen and oxygen atoms in total. The molecule has 2 aliphatic rings. The van der Waals surface area contributed by atoms with Crippen molar-refractivity contribution in [1.82, 2.24) is 5.16 Å². The Morgan fingerprint density at radius 3 is 2.32 bits per heavy atom. The summed E-state index contributed by atoms with van der Waals surface area (Å²) in [5.41, 5.74) is 5.17. The minimum Gasteiger partial charge on any atom is -1.00 e. The van der Waals surface area contributed by atoms with Crippen LogP contribution in [0.5, 0.6) is 0 Å². The molecule has 0 bridgehead atoms. The fraction of sp³-hybridized carbons (Fsp3) is 0.560. The number of halogens is 1.